The minimum absolute atomic E-state index is 0.0921. The van der Waals surface area contributed by atoms with Crippen molar-refractivity contribution in [2.75, 3.05) is 13.7 Å². The number of amides is 1. The van der Waals surface area contributed by atoms with Crippen LogP contribution in [0.15, 0.2) is 83.7 Å². The summed E-state index contributed by atoms with van der Waals surface area (Å²) in [5, 5.41) is 0.527. The van der Waals surface area contributed by atoms with Gasteiger partial charge in [-0.2, -0.15) is 0 Å². The van der Waals surface area contributed by atoms with E-state index < -0.39 is 6.04 Å². The number of hydrogen-bond acceptors (Lipinski definition) is 4. The highest BCUT2D eigenvalue weighted by atomic mass is 16.5. The number of carbonyl (C=O) groups is 1. The average Bonchev–Trinajstić information content (AvgIpc) is 2.87. The second-order valence-electron chi connectivity index (χ2n) is 8.72. The van der Waals surface area contributed by atoms with E-state index in [0.29, 0.717) is 40.3 Å². The van der Waals surface area contributed by atoms with Crippen molar-refractivity contribution in [2.24, 2.45) is 5.92 Å². The van der Waals surface area contributed by atoms with Crippen LogP contribution in [-0.2, 0) is 0 Å². The molecular formula is C28H29N3O3. The SMILES string of the molecule is COc1ccc(-n2c(C(C)N(CC(C)C)C(=O)c3ccccc3)nc3ccccc3c2=O)cc1. The zero-order valence-electron chi connectivity index (χ0n) is 19.9. The van der Waals surface area contributed by atoms with Crippen molar-refractivity contribution in [3.05, 3.63) is 101 Å². The molecule has 34 heavy (non-hydrogen) atoms. The molecule has 0 aliphatic rings. The summed E-state index contributed by atoms with van der Waals surface area (Å²) >= 11 is 0. The van der Waals surface area contributed by atoms with Gasteiger partial charge in [0.25, 0.3) is 11.5 Å². The number of para-hydroxylation sites is 1. The Morgan fingerprint density at radius 2 is 1.59 bits per heavy atom. The quantitative estimate of drug-likeness (QED) is 0.382. The molecule has 174 valence electrons. The van der Waals surface area contributed by atoms with Crippen molar-refractivity contribution >= 4 is 16.8 Å². The molecule has 1 aromatic heterocycles. The molecule has 0 aliphatic carbocycles. The highest BCUT2D eigenvalue weighted by molar-refractivity contribution is 5.94. The molecule has 1 amide bonds. The van der Waals surface area contributed by atoms with Gasteiger partial charge < -0.3 is 9.64 Å². The molecule has 1 heterocycles. The Kier molecular flexibility index (Phi) is 6.77. The monoisotopic (exact) mass is 455 g/mol. The Morgan fingerprint density at radius 1 is 0.941 bits per heavy atom. The third-order valence-electron chi connectivity index (χ3n) is 5.82. The van der Waals surface area contributed by atoms with E-state index in [1.165, 1.54) is 0 Å². The summed E-state index contributed by atoms with van der Waals surface area (Å²) in [6, 6.07) is 23.4. The predicted molar refractivity (Wildman–Crippen MR) is 135 cm³/mol. The van der Waals surface area contributed by atoms with Crippen molar-refractivity contribution < 1.29 is 9.53 Å². The van der Waals surface area contributed by atoms with Crippen LogP contribution >= 0.6 is 0 Å². The smallest absolute Gasteiger partial charge is 0.266 e. The number of rotatable bonds is 7. The van der Waals surface area contributed by atoms with Gasteiger partial charge in [0.15, 0.2) is 0 Å². The fourth-order valence-electron chi connectivity index (χ4n) is 4.11. The minimum Gasteiger partial charge on any atom is -0.497 e. The third-order valence-corrected chi connectivity index (χ3v) is 5.82. The lowest BCUT2D eigenvalue weighted by Gasteiger charge is -2.32. The fourth-order valence-corrected chi connectivity index (χ4v) is 4.11. The lowest BCUT2D eigenvalue weighted by molar-refractivity contribution is 0.0655. The molecule has 0 spiro atoms. The topological polar surface area (TPSA) is 64.4 Å². The second-order valence-corrected chi connectivity index (χ2v) is 8.72. The van der Waals surface area contributed by atoms with Crippen LogP contribution in [0.5, 0.6) is 5.75 Å². The van der Waals surface area contributed by atoms with Crippen LogP contribution in [-0.4, -0.2) is 34.0 Å². The number of carbonyl (C=O) groups excluding carboxylic acids is 1. The maximum absolute atomic E-state index is 13.7. The first-order chi connectivity index (χ1) is 16.4. The largest absolute Gasteiger partial charge is 0.497 e. The Hall–Kier alpha value is -3.93. The highest BCUT2D eigenvalue weighted by Crippen LogP contribution is 2.26. The molecule has 0 saturated carbocycles. The number of aromatic nitrogens is 2. The lowest BCUT2D eigenvalue weighted by atomic mass is 10.1. The summed E-state index contributed by atoms with van der Waals surface area (Å²) in [7, 11) is 1.60. The Labute approximate surface area is 199 Å². The van der Waals surface area contributed by atoms with Crippen molar-refractivity contribution in [3.8, 4) is 11.4 Å². The molecule has 0 radical (unpaired) electrons. The van der Waals surface area contributed by atoms with E-state index in [9.17, 15) is 9.59 Å². The Bertz CT molecular complexity index is 1350. The van der Waals surface area contributed by atoms with E-state index in [1.807, 2.05) is 79.7 Å². The summed E-state index contributed by atoms with van der Waals surface area (Å²) in [5.41, 5.74) is 1.71. The molecule has 4 rings (SSSR count). The van der Waals surface area contributed by atoms with Crippen LogP contribution < -0.4 is 10.3 Å². The highest BCUT2D eigenvalue weighted by Gasteiger charge is 2.28. The van der Waals surface area contributed by atoms with E-state index in [-0.39, 0.29) is 17.4 Å². The number of nitrogens with zero attached hydrogens (tertiary/aromatic N) is 3. The van der Waals surface area contributed by atoms with Crippen molar-refractivity contribution in [1.29, 1.82) is 0 Å². The summed E-state index contributed by atoms with van der Waals surface area (Å²) in [4.78, 5) is 33.9. The van der Waals surface area contributed by atoms with Crippen LogP contribution in [0.1, 0.15) is 43.0 Å². The first-order valence-corrected chi connectivity index (χ1v) is 11.4. The van der Waals surface area contributed by atoms with Gasteiger partial charge in [-0.25, -0.2) is 4.98 Å². The van der Waals surface area contributed by atoms with Gasteiger partial charge in [-0.05, 0) is 61.4 Å². The predicted octanol–water partition coefficient (Wildman–Crippen LogP) is 5.25. The van der Waals surface area contributed by atoms with Gasteiger partial charge in [0.1, 0.15) is 11.6 Å². The normalized spacial score (nSPS) is 12.0. The molecular weight excluding hydrogens is 426 g/mol. The molecule has 1 unspecified atom stereocenters. The van der Waals surface area contributed by atoms with E-state index in [0.717, 1.165) is 0 Å². The summed E-state index contributed by atoms with van der Waals surface area (Å²) in [6.07, 6.45) is 0. The molecule has 6 heteroatoms. The Morgan fingerprint density at radius 3 is 2.24 bits per heavy atom. The lowest BCUT2D eigenvalue weighted by Crippen LogP contribution is -2.39. The molecule has 0 bridgehead atoms. The fraction of sp³-hybridized carbons (Fsp3) is 0.250. The average molecular weight is 456 g/mol. The standard InChI is InChI=1S/C28H29N3O3/c1-19(2)18-30(27(32)21-10-6-5-7-11-21)20(3)26-29-25-13-9-8-12-24(25)28(33)31(26)22-14-16-23(34-4)17-15-22/h5-17,19-20H,18H2,1-4H3. The molecule has 3 aromatic carbocycles. The van der Waals surface area contributed by atoms with Crippen LogP contribution in [0.25, 0.3) is 16.6 Å². The van der Waals surface area contributed by atoms with Crippen molar-refractivity contribution in [2.45, 2.75) is 26.8 Å². The van der Waals surface area contributed by atoms with E-state index in [1.54, 1.807) is 22.6 Å². The molecule has 0 saturated heterocycles. The van der Waals surface area contributed by atoms with E-state index in [4.69, 9.17) is 9.72 Å². The molecule has 0 N–H and O–H groups in total. The first kappa shape index (κ1) is 23.2. The van der Waals surface area contributed by atoms with Gasteiger partial charge in [0.05, 0.1) is 29.7 Å². The van der Waals surface area contributed by atoms with Gasteiger partial charge >= 0.3 is 0 Å². The minimum atomic E-state index is -0.450. The summed E-state index contributed by atoms with van der Waals surface area (Å²) in [5.74, 6) is 1.35. The van der Waals surface area contributed by atoms with Gasteiger partial charge in [-0.3, -0.25) is 14.2 Å². The van der Waals surface area contributed by atoms with Crippen molar-refractivity contribution in [1.82, 2.24) is 14.5 Å². The van der Waals surface area contributed by atoms with Gasteiger partial charge in [0, 0.05) is 12.1 Å². The number of ether oxygens (including phenoxy) is 1. The van der Waals surface area contributed by atoms with Gasteiger partial charge in [-0.15, -0.1) is 0 Å². The van der Waals surface area contributed by atoms with E-state index in [2.05, 4.69) is 13.8 Å². The zero-order chi connectivity index (χ0) is 24.2. The first-order valence-electron chi connectivity index (χ1n) is 11.4. The van der Waals surface area contributed by atoms with E-state index >= 15 is 0 Å². The number of methoxy groups -OCH3 is 1. The van der Waals surface area contributed by atoms with Crippen LogP contribution in [0.4, 0.5) is 0 Å². The van der Waals surface area contributed by atoms with Gasteiger partial charge in [-0.1, -0.05) is 44.2 Å². The summed E-state index contributed by atoms with van der Waals surface area (Å²) in [6.45, 7) is 6.60. The number of benzene rings is 3. The number of hydrogen-bond donors (Lipinski definition) is 0. The van der Waals surface area contributed by atoms with Crippen molar-refractivity contribution in [3.63, 3.8) is 0 Å². The zero-order valence-corrected chi connectivity index (χ0v) is 19.9. The van der Waals surface area contributed by atoms with Crippen LogP contribution in [0, 0.1) is 5.92 Å². The summed E-state index contributed by atoms with van der Waals surface area (Å²) < 4.78 is 6.90. The molecule has 0 aliphatic heterocycles. The maximum atomic E-state index is 13.7. The molecule has 6 nitrogen and oxygen atoms in total. The Balaban J connectivity index is 1.91. The molecule has 4 aromatic rings. The van der Waals surface area contributed by atoms with Crippen LogP contribution in [0.3, 0.4) is 0 Å². The maximum Gasteiger partial charge on any atom is 0.266 e. The molecule has 1 atom stereocenters. The number of fused-ring (bicyclic) bond motifs is 1. The van der Waals surface area contributed by atoms with Crippen LogP contribution in [0.2, 0.25) is 0 Å². The second kappa shape index (κ2) is 9.91. The van der Waals surface area contributed by atoms with Gasteiger partial charge in [0.2, 0.25) is 0 Å². The third kappa shape index (κ3) is 4.57. The molecule has 0 fully saturated rings.